The third-order valence-electron chi connectivity index (χ3n) is 3.86. The van der Waals surface area contributed by atoms with Gasteiger partial charge in [-0.2, -0.15) is 4.98 Å². The molecule has 5 nitrogen and oxygen atoms in total. The molecule has 2 aromatic heterocycles. The lowest BCUT2D eigenvalue weighted by atomic mass is 10.2. The number of aromatic nitrogens is 2. The number of benzene rings is 2. The molecule has 0 saturated heterocycles. The van der Waals surface area contributed by atoms with Crippen LogP contribution in [-0.2, 0) is 6.54 Å². The standard InChI is InChI=1S/C20H14FN3O2S/c21-15-8-6-13(7-9-15)18-23-20(26-24-18)17-11-10-16(27-17)12-22-19(25)14-4-2-1-3-5-14/h1-11H,12H2,(H,22,25). The summed E-state index contributed by atoms with van der Waals surface area (Å²) in [5.41, 5.74) is 1.30. The largest absolute Gasteiger partial charge is 0.347 e. The quantitative estimate of drug-likeness (QED) is 0.553. The summed E-state index contributed by atoms with van der Waals surface area (Å²) in [6, 6.07) is 18.7. The maximum atomic E-state index is 13.0. The van der Waals surface area contributed by atoms with Crippen molar-refractivity contribution in [3.8, 4) is 22.2 Å². The minimum absolute atomic E-state index is 0.123. The molecule has 0 aliphatic carbocycles. The molecule has 1 N–H and O–H groups in total. The molecule has 27 heavy (non-hydrogen) atoms. The minimum atomic E-state index is -0.317. The molecule has 0 saturated carbocycles. The zero-order valence-electron chi connectivity index (χ0n) is 14.1. The number of carbonyl (C=O) groups excluding carboxylic acids is 1. The van der Waals surface area contributed by atoms with E-state index in [0.717, 1.165) is 9.75 Å². The first-order valence-corrected chi connectivity index (χ1v) is 9.03. The molecule has 0 spiro atoms. The van der Waals surface area contributed by atoms with Crippen molar-refractivity contribution in [1.82, 2.24) is 15.5 Å². The molecule has 0 aliphatic heterocycles. The lowest BCUT2D eigenvalue weighted by Gasteiger charge is -2.02. The van der Waals surface area contributed by atoms with Crippen molar-refractivity contribution in [1.29, 1.82) is 0 Å². The number of hydrogen-bond donors (Lipinski definition) is 1. The number of carbonyl (C=O) groups is 1. The van der Waals surface area contributed by atoms with Crippen molar-refractivity contribution in [2.75, 3.05) is 0 Å². The summed E-state index contributed by atoms with van der Waals surface area (Å²) in [4.78, 5) is 18.2. The molecule has 0 atom stereocenters. The summed E-state index contributed by atoms with van der Waals surface area (Å²) in [6.07, 6.45) is 0. The number of nitrogens with one attached hydrogen (secondary N) is 1. The van der Waals surface area contributed by atoms with Crippen LogP contribution in [0.4, 0.5) is 4.39 Å². The van der Waals surface area contributed by atoms with Gasteiger partial charge in [-0.15, -0.1) is 11.3 Å². The van der Waals surface area contributed by atoms with Gasteiger partial charge in [-0.05, 0) is 48.5 Å². The third kappa shape index (κ3) is 3.93. The molecule has 0 fully saturated rings. The van der Waals surface area contributed by atoms with E-state index in [4.69, 9.17) is 4.52 Å². The number of nitrogens with zero attached hydrogens (tertiary/aromatic N) is 2. The van der Waals surface area contributed by atoms with Crippen molar-refractivity contribution in [3.63, 3.8) is 0 Å². The lowest BCUT2D eigenvalue weighted by Crippen LogP contribution is -2.22. The van der Waals surface area contributed by atoms with Crippen LogP contribution in [-0.4, -0.2) is 16.0 Å². The van der Waals surface area contributed by atoms with Gasteiger partial charge in [-0.1, -0.05) is 23.4 Å². The highest BCUT2D eigenvalue weighted by Crippen LogP contribution is 2.28. The molecular formula is C20H14FN3O2S. The second-order valence-electron chi connectivity index (χ2n) is 5.74. The summed E-state index contributed by atoms with van der Waals surface area (Å²) in [5, 5.41) is 6.83. The Morgan fingerprint density at radius 2 is 1.81 bits per heavy atom. The third-order valence-corrected chi connectivity index (χ3v) is 4.93. The van der Waals surface area contributed by atoms with Gasteiger partial charge in [0, 0.05) is 16.0 Å². The second-order valence-corrected chi connectivity index (χ2v) is 6.91. The molecule has 1 amide bonds. The Labute approximate surface area is 158 Å². The number of thiophene rings is 1. The van der Waals surface area contributed by atoms with Crippen LogP contribution in [0.25, 0.3) is 22.2 Å². The SMILES string of the molecule is O=C(NCc1ccc(-c2nc(-c3ccc(F)cc3)no2)s1)c1ccccc1. The molecule has 4 rings (SSSR count). The maximum absolute atomic E-state index is 13.0. The molecule has 2 aromatic carbocycles. The van der Waals surface area contributed by atoms with Gasteiger partial charge in [0.15, 0.2) is 0 Å². The number of halogens is 1. The Morgan fingerprint density at radius 3 is 2.59 bits per heavy atom. The molecule has 4 aromatic rings. The van der Waals surface area contributed by atoms with Gasteiger partial charge in [-0.3, -0.25) is 4.79 Å². The van der Waals surface area contributed by atoms with Gasteiger partial charge in [0.1, 0.15) is 5.82 Å². The number of amides is 1. The number of hydrogen-bond acceptors (Lipinski definition) is 5. The van der Waals surface area contributed by atoms with Crippen LogP contribution in [0, 0.1) is 5.82 Å². The van der Waals surface area contributed by atoms with E-state index >= 15 is 0 Å². The summed E-state index contributed by atoms with van der Waals surface area (Å²) < 4.78 is 18.3. The van der Waals surface area contributed by atoms with Crippen molar-refractivity contribution in [2.45, 2.75) is 6.54 Å². The maximum Gasteiger partial charge on any atom is 0.268 e. The van der Waals surface area contributed by atoms with E-state index in [-0.39, 0.29) is 11.7 Å². The second kappa shape index (κ2) is 7.51. The Balaban J connectivity index is 1.44. The highest BCUT2D eigenvalue weighted by atomic mass is 32.1. The fourth-order valence-corrected chi connectivity index (χ4v) is 3.36. The molecule has 2 heterocycles. The minimum Gasteiger partial charge on any atom is -0.347 e. The van der Waals surface area contributed by atoms with Crippen molar-refractivity contribution in [2.24, 2.45) is 0 Å². The Morgan fingerprint density at radius 1 is 1.04 bits per heavy atom. The Hall–Kier alpha value is -3.32. The van der Waals surface area contributed by atoms with E-state index in [2.05, 4.69) is 15.5 Å². The van der Waals surface area contributed by atoms with Crippen LogP contribution in [0.2, 0.25) is 0 Å². The van der Waals surface area contributed by atoms with Crippen LogP contribution in [0.15, 0.2) is 71.3 Å². The van der Waals surface area contributed by atoms with Crippen LogP contribution in [0.3, 0.4) is 0 Å². The number of rotatable bonds is 5. The zero-order valence-corrected chi connectivity index (χ0v) is 14.9. The summed E-state index contributed by atoms with van der Waals surface area (Å²) in [5.74, 6) is 0.349. The van der Waals surface area contributed by atoms with Crippen LogP contribution in [0.1, 0.15) is 15.2 Å². The average molecular weight is 379 g/mol. The molecule has 7 heteroatoms. The zero-order chi connectivity index (χ0) is 18.6. The van der Waals surface area contributed by atoms with E-state index in [1.807, 2.05) is 30.3 Å². The summed E-state index contributed by atoms with van der Waals surface area (Å²) in [7, 11) is 0. The van der Waals surface area contributed by atoms with E-state index < -0.39 is 0 Å². The highest BCUT2D eigenvalue weighted by Gasteiger charge is 2.13. The summed E-state index contributed by atoms with van der Waals surface area (Å²) in [6.45, 7) is 0.414. The topological polar surface area (TPSA) is 68.0 Å². The van der Waals surface area contributed by atoms with Crippen LogP contribution >= 0.6 is 11.3 Å². The Bertz CT molecular complexity index is 1060. The Kier molecular flexibility index (Phi) is 4.76. The monoisotopic (exact) mass is 379 g/mol. The van der Waals surface area contributed by atoms with Gasteiger partial charge >= 0.3 is 0 Å². The van der Waals surface area contributed by atoms with Crippen molar-refractivity contribution in [3.05, 3.63) is 83.0 Å². The van der Waals surface area contributed by atoms with Gasteiger partial charge in [0.2, 0.25) is 5.82 Å². The lowest BCUT2D eigenvalue weighted by molar-refractivity contribution is 0.0951. The first-order valence-electron chi connectivity index (χ1n) is 8.21. The smallest absolute Gasteiger partial charge is 0.268 e. The highest BCUT2D eigenvalue weighted by molar-refractivity contribution is 7.15. The van der Waals surface area contributed by atoms with E-state index in [0.29, 0.717) is 29.4 Å². The predicted octanol–water partition coefficient (Wildman–Crippen LogP) is 4.53. The first-order chi connectivity index (χ1) is 13.2. The molecule has 134 valence electrons. The average Bonchev–Trinajstić information content (AvgIpc) is 3.37. The van der Waals surface area contributed by atoms with Gasteiger partial charge in [0.25, 0.3) is 11.8 Å². The van der Waals surface area contributed by atoms with Gasteiger partial charge in [0.05, 0.1) is 11.4 Å². The fraction of sp³-hybridized carbons (Fsp3) is 0.0500. The van der Waals surface area contributed by atoms with Gasteiger partial charge in [-0.25, -0.2) is 4.39 Å². The molecule has 0 bridgehead atoms. The predicted molar refractivity (Wildman–Crippen MR) is 101 cm³/mol. The van der Waals surface area contributed by atoms with Crippen LogP contribution in [0.5, 0.6) is 0 Å². The van der Waals surface area contributed by atoms with E-state index in [1.54, 1.807) is 24.3 Å². The molecule has 0 unspecified atom stereocenters. The van der Waals surface area contributed by atoms with Crippen molar-refractivity contribution >= 4 is 17.2 Å². The van der Waals surface area contributed by atoms with E-state index in [9.17, 15) is 9.18 Å². The van der Waals surface area contributed by atoms with Crippen LogP contribution < -0.4 is 5.32 Å². The summed E-state index contributed by atoms with van der Waals surface area (Å²) >= 11 is 1.46. The molecule has 0 radical (unpaired) electrons. The first kappa shape index (κ1) is 17.1. The van der Waals surface area contributed by atoms with Gasteiger partial charge < -0.3 is 9.84 Å². The molecule has 0 aliphatic rings. The normalized spacial score (nSPS) is 10.7. The van der Waals surface area contributed by atoms with Crippen molar-refractivity contribution < 1.29 is 13.7 Å². The fourth-order valence-electron chi connectivity index (χ4n) is 2.49. The van der Waals surface area contributed by atoms with E-state index in [1.165, 1.54) is 23.5 Å². The molecular weight excluding hydrogens is 365 g/mol.